The van der Waals surface area contributed by atoms with Gasteiger partial charge in [0.1, 0.15) is 0 Å². The molecule has 28 heavy (non-hydrogen) atoms. The lowest BCUT2D eigenvalue weighted by Gasteiger charge is -2.30. The van der Waals surface area contributed by atoms with Crippen molar-refractivity contribution in [2.45, 2.75) is 58.8 Å². The Labute approximate surface area is 188 Å². The number of pyridine rings is 1. The minimum absolute atomic E-state index is 0. The largest absolute Gasteiger partial charge is 0.382 e. The van der Waals surface area contributed by atoms with E-state index < -0.39 is 0 Å². The van der Waals surface area contributed by atoms with Crippen molar-refractivity contribution in [1.82, 2.24) is 15.6 Å². The van der Waals surface area contributed by atoms with Crippen molar-refractivity contribution < 1.29 is 4.74 Å². The van der Waals surface area contributed by atoms with Crippen molar-refractivity contribution in [1.29, 1.82) is 0 Å². The highest BCUT2D eigenvalue weighted by molar-refractivity contribution is 14.0. The fraction of sp³-hybridized carbons (Fsp3) is 0.727. The molecule has 6 heteroatoms. The minimum atomic E-state index is 0. The number of hydrogen-bond donors (Lipinski definition) is 2. The molecule has 1 unspecified atom stereocenters. The molecule has 1 aliphatic rings. The maximum absolute atomic E-state index is 5.63. The zero-order chi connectivity index (χ0) is 19.5. The quantitative estimate of drug-likeness (QED) is 0.213. The summed E-state index contributed by atoms with van der Waals surface area (Å²) in [6.07, 6.45) is 10.2. The third-order valence-electron chi connectivity index (χ3n) is 5.91. The number of rotatable bonds is 10. The smallest absolute Gasteiger partial charge is 0.191 e. The number of nitrogens with zero attached hydrogens (tertiary/aromatic N) is 2. The van der Waals surface area contributed by atoms with E-state index in [4.69, 9.17) is 4.74 Å². The molecule has 2 N–H and O–H groups in total. The summed E-state index contributed by atoms with van der Waals surface area (Å²) in [6.45, 7) is 10.1. The van der Waals surface area contributed by atoms with E-state index in [1.165, 1.54) is 31.2 Å². The summed E-state index contributed by atoms with van der Waals surface area (Å²) in [6, 6.07) is 4.18. The number of hydrogen-bond acceptors (Lipinski definition) is 3. The molecule has 1 saturated carbocycles. The number of halogens is 1. The predicted octanol–water partition coefficient (Wildman–Crippen LogP) is 4.59. The van der Waals surface area contributed by atoms with Crippen LogP contribution in [0.1, 0.15) is 64.4 Å². The molecule has 0 saturated heterocycles. The Balaban J connectivity index is 0.00000392. The molecule has 5 nitrogen and oxygen atoms in total. The van der Waals surface area contributed by atoms with Crippen molar-refractivity contribution in [2.24, 2.45) is 16.3 Å². The van der Waals surface area contributed by atoms with Gasteiger partial charge < -0.3 is 15.4 Å². The maximum Gasteiger partial charge on any atom is 0.191 e. The van der Waals surface area contributed by atoms with Crippen LogP contribution in [0, 0.1) is 11.3 Å². The molecule has 0 aromatic carbocycles. The summed E-state index contributed by atoms with van der Waals surface area (Å²) in [5.41, 5.74) is 1.63. The Kier molecular flexibility index (Phi) is 12.0. The zero-order valence-electron chi connectivity index (χ0n) is 18.0. The van der Waals surface area contributed by atoms with Gasteiger partial charge in [0.2, 0.25) is 0 Å². The number of ether oxygens (including phenoxy) is 1. The Bertz CT molecular complexity index is 559. The second-order valence-corrected chi connectivity index (χ2v) is 8.10. The van der Waals surface area contributed by atoms with Gasteiger partial charge in [-0.05, 0) is 49.1 Å². The normalized spacial score (nSPS) is 17.2. The molecule has 1 aromatic heterocycles. The lowest BCUT2D eigenvalue weighted by atomic mass is 9.83. The molecule has 0 aliphatic heterocycles. The van der Waals surface area contributed by atoms with Gasteiger partial charge in [-0.15, -0.1) is 24.0 Å². The molecule has 1 heterocycles. The first-order chi connectivity index (χ1) is 13.1. The van der Waals surface area contributed by atoms with Crippen molar-refractivity contribution >= 4 is 29.9 Å². The molecule has 1 aliphatic carbocycles. The van der Waals surface area contributed by atoms with Crippen LogP contribution >= 0.6 is 24.0 Å². The predicted molar refractivity (Wildman–Crippen MR) is 129 cm³/mol. The molecule has 1 atom stereocenters. The van der Waals surface area contributed by atoms with Crippen LogP contribution in [0.4, 0.5) is 0 Å². The van der Waals surface area contributed by atoms with Crippen LogP contribution in [0.15, 0.2) is 29.5 Å². The van der Waals surface area contributed by atoms with E-state index in [0.29, 0.717) is 17.3 Å². The summed E-state index contributed by atoms with van der Waals surface area (Å²) in [5.74, 6) is 1.84. The van der Waals surface area contributed by atoms with Gasteiger partial charge in [0.05, 0.1) is 0 Å². The lowest BCUT2D eigenvalue weighted by molar-refractivity contribution is 0.105. The standard InChI is InChI=1S/C22H38N4O.HI/c1-5-27-14-12-22(10-6-7-11-22)17-26-21(23-4)25-16-20(18(2)3)19-9-8-13-24-15-19;/h8-9,13,15,18,20H,5-7,10-12,14,16-17H2,1-4H3,(H2,23,25,26);1H. The Morgan fingerprint density at radius 3 is 2.61 bits per heavy atom. The first kappa shape index (κ1) is 25.1. The number of guanidine groups is 1. The molecular formula is C22H39IN4O. The van der Waals surface area contributed by atoms with Crippen LogP contribution in [0.5, 0.6) is 0 Å². The van der Waals surface area contributed by atoms with Crippen molar-refractivity contribution in [3.05, 3.63) is 30.1 Å². The number of aliphatic imine (C=N–C) groups is 1. The Morgan fingerprint density at radius 1 is 1.29 bits per heavy atom. The van der Waals surface area contributed by atoms with E-state index in [9.17, 15) is 0 Å². The van der Waals surface area contributed by atoms with Gasteiger partial charge in [0.25, 0.3) is 0 Å². The average molecular weight is 502 g/mol. The van der Waals surface area contributed by atoms with Crippen molar-refractivity contribution in [3.63, 3.8) is 0 Å². The molecule has 0 spiro atoms. The van der Waals surface area contributed by atoms with Crippen molar-refractivity contribution in [3.8, 4) is 0 Å². The minimum Gasteiger partial charge on any atom is -0.382 e. The van der Waals surface area contributed by atoms with Gasteiger partial charge >= 0.3 is 0 Å². The number of nitrogens with one attached hydrogen (secondary N) is 2. The zero-order valence-corrected chi connectivity index (χ0v) is 20.4. The fourth-order valence-corrected chi connectivity index (χ4v) is 4.11. The van der Waals surface area contributed by atoms with E-state index in [2.05, 4.69) is 47.4 Å². The lowest BCUT2D eigenvalue weighted by Crippen LogP contribution is -2.44. The molecule has 160 valence electrons. The van der Waals surface area contributed by atoms with Crippen LogP contribution in [-0.4, -0.2) is 44.3 Å². The molecule has 1 fully saturated rings. The van der Waals surface area contributed by atoms with Crippen LogP contribution in [-0.2, 0) is 4.74 Å². The van der Waals surface area contributed by atoms with Gasteiger partial charge in [-0.1, -0.05) is 32.8 Å². The summed E-state index contributed by atoms with van der Waals surface area (Å²) < 4.78 is 5.63. The Hall–Kier alpha value is -0.890. The van der Waals surface area contributed by atoms with Gasteiger partial charge in [-0.3, -0.25) is 9.98 Å². The van der Waals surface area contributed by atoms with E-state index in [1.807, 2.05) is 25.5 Å². The molecule has 0 radical (unpaired) electrons. The molecular weight excluding hydrogens is 463 g/mol. The maximum atomic E-state index is 5.63. The van der Waals surface area contributed by atoms with Gasteiger partial charge in [0, 0.05) is 51.7 Å². The summed E-state index contributed by atoms with van der Waals surface area (Å²) in [7, 11) is 1.85. The van der Waals surface area contributed by atoms with E-state index in [1.54, 1.807) is 0 Å². The summed E-state index contributed by atoms with van der Waals surface area (Å²) in [5, 5.41) is 7.13. The highest BCUT2D eigenvalue weighted by Crippen LogP contribution is 2.40. The molecule has 1 aromatic rings. The monoisotopic (exact) mass is 502 g/mol. The van der Waals surface area contributed by atoms with Crippen LogP contribution in [0.25, 0.3) is 0 Å². The number of aromatic nitrogens is 1. The second-order valence-electron chi connectivity index (χ2n) is 8.10. The highest BCUT2D eigenvalue weighted by atomic mass is 127. The first-order valence-electron chi connectivity index (χ1n) is 10.5. The van der Waals surface area contributed by atoms with E-state index in [-0.39, 0.29) is 24.0 Å². The first-order valence-corrected chi connectivity index (χ1v) is 10.5. The third kappa shape index (κ3) is 7.85. The average Bonchev–Trinajstić information content (AvgIpc) is 3.14. The summed E-state index contributed by atoms with van der Waals surface area (Å²) >= 11 is 0. The third-order valence-corrected chi connectivity index (χ3v) is 5.91. The summed E-state index contributed by atoms with van der Waals surface area (Å²) in [4.78, 5) is 8.73. The van der Waals surface area contributed by atoms with Crippen molar-refractivity contribution in [2.75, 3.05) is 33.4 Å². The SMILES string of the molecule is CCOCCC1(CNC(=NC)NCC(c2cccnc2)C(C)C)CCCC1.I. The highest BCUT2D eigenvalue weighted by Gasteiger charge is 2.33. The van der Waals surface area contributed by atoms with E-state index >= 15 is 0 Å². The molecule has 0 amide bonds. The van der Waals surface area contributed by atoms with E-state index in [0.717, 1.165) is 38.7 Å². The van der Waals surface area contributed by atoms with Crippen LogP contribution < -0.4 is 10.6 Å². The molecule has 2 rings (SSSR count). The fourth-order valence-electron chi connectivity index (χ4n) is 4.11. The topological polar surface area (TPSA) is 58.5 Å². The van der Waals surface area contributed by atoms with Crippen LogP contribution in [0.3, 0.4) is 0 Å². The second kappa shape index (κ2) is 13.4. The van der Waals surface area contributed by atoms with Gasteiger partial charge in [-0.2, -0.15) is 0 Å². The van der Waals surface area contributed by atoms with Gasteiger partial charge in [-0.25, -0.2) is 0 Å². The van der Waals surface area contributed by atoms with Crippen LogP contribution in [0.2, 0.25) is 0 Å². The Morgan fingerprint density at radius 2 is 2.04 bits per heavy atom. The molecule has 0 bridgehead atoms. The van der Waals surface area contributed by atoms with Gasteiger partial charge in [0.15, 0.2) is 5.96 Å².